The van der Waals surface area contributed by atoms with Gasteiger partial charge in [0.2, 0.25) is 0 Å². The van der Waals surface area contributed by atoms with Crippen molar-refractivity contribution in [3.05, 3.63) is 34.9 Å². The third-order valence-electron chi connectivity index (χ3n) is 6.05. The number of hydrogen-bond acceptors (Lipinski definition) is 4. The molecule has 1 aliphatic rings. The van der Waals surface area contributed by atoms with Gasteiger partial charge in [-0.05, 0) is 56.1 Å². The van der Waals surface area contributed by atoms with Gasteiger partial charge < -0.3 is 20.4 Å². The van der Waals surface area contributed by atoms with Gasteiger partial charge in [0, 0.05) is 17.9 Å². The molecule has 0 aromatic heterocycles. The molecular weight excluding hydrogens is 404 g/mol. The Bertz CT molecular complexity index is 726. The predicted octanol–water partition coefficient (Wildman–Crippen LogP) is 3.86. The van der Waals surface area contributed by atoms with Crippen molar-refractivity contribution in [3.8, 4) is 11.8 Å². The fourth-order valence-corrected chi connectivity index (χ4v) is 4.52. The van der Waals surface area contributed by atoms with Crippen molar-refractivity contribution in [1.29, 1.82) is 0 Å². The van der Waals surface area contributed by atoms with Gasteiger partial charge in [-0.25, -0.2) is 0 Å². The van der Waals surface area contributed by atoms with Crippen molar-refractivity contribution >= 4 is 17.6 Å². The zero-order valence-electron chi connectivity index (χ0n) is 17.3. The van der Waals surface area contributed by atoms with Crippen LogP contribution in [0, 0.1) is 29.6 Å². The molecule has 30 heavy (non-hydrogen) atoms. The standard InChI is InChI=1S/C24H33ClO5/c25-21-9-6-5-7-18(21)13-11-17(16-26)12-14-20-19(22(27)15-23(20)28)8-3-1-2-4-10-24(29)30/h5-7,9,17,19-20,22-23,26-28H,1-4,8,10,12,14-16H2,(H,29,30). The first kappa shape index (κ1) is 24.7. The van der Waals surface area contributed by atoms with Crippen LogP contribution in [0.5, 0.6) is 0 Å². The van der Waals surface area contributed by atoms with Crippen LogP contribution in [0.1, 0.15) is 63.4 Å². The molecule has 0 aliphatic heterocycles. The van der Waals surface area contributed by atoms with Gasteiger partial charge in [-0.2, -0.15) is 0 Å². The second-order valence-electron chi connectivity index (χ2n) is 8.25. The smallest absolute Gasteiger partial charge is 0.303 e. The molecule has 1 aromatic carbocycles. The van der Waals surface area contributed by atoms with Crippen LogP contribution < -0.4 is 0 Å². The number of aliphatic carboxylic acids is 1. The fourth-order valence-electron chi connectivity index (χ4n) is 4.34. The molecule has 5 unspecified atom stereocenters. The first-order valence-corrected chi connectivity index (χ1v) is 11.2. The lowest BCUT2D eigenvalue weighted by Gasteiger charge is -2.24. The maximum Gasteiger partial charge on any atom is 0.303 e. The minimum Gasteiger partial charge on any atom is -0.481 e. The molecule has 0 bridgehead atoms. The summed E-state index contributed by atoms with van der Waals surface area (Å²) >= 11 is 6.13. The Morgan fingerprint density at radius 3 is 2.40 bits per heavy atom. The van der Waals surface area contributed by atoms with Gasteiger partial charge in [-0.1, -0.05) is 54.8 Å². The molecule has 2 rings (SSSR count). The molecular formula is C24H33ClO5. The van der Waals surface area contributed by atoms with Crippen molar-refractivity contribution in [2.75, 3.05) is 6.61 Å². The summed E-state index contributed by atoms with van der Waals surface area (Å²) in [7, 11) is 0. The molecule has 0 heterocycles. The third kappa shape index (κ3) is 7.92. The van der Waals surface area contributed by atoms with Crippen LogP contribution in [-0.2, 0) is 4.79 Å². The highest BCUT2D eigenvalue weighted by Gasteiger charge is 2.40. The summed E-state index contributed by atoms with van der Waals surface area (Å²) in [6, 6.07) is 7.33. The van der Waals surface area contributed by atoms with Gasteiger partial charge in [0.05, 0.1) is 23.8 Å². The lowest BCUT2D eigenvalue weighted by Crippen LogP contribution is -2.23. The Hall–Kier alpha value is -1.58. The number of halogens is 1. The number of rotatable bonds is 11. The number of carboxylic acid groups (broad SMARTS) is 1. The second-order valence-corrected chi connectivity index (χ2v) is 8.66. The van der Waals surface area contributed by atoms with E-state index in [1.165, 1.54) is 0 Å². The summed E-state index contributed by atoms with van der Waals surface area (Å²) in [6.07, 6.45) is 5.12. The highest BCUT2D eigenvalue weighted by molar-refractivity contribution is 6.31. The van der Waals surface area contributed by atoms with Crippen LogP contribution >= 0.6 is 11.6 Å². The number of unbranched alkanes of at least 4 members (excludes halogenated alkanes) is 3. The van der Waals surface area contributed by atoms with Gasteiger partial charge >= 0.3 is 5.97 Å². The predicted molar refractivity (Wildman–Crippen MR) is 117 cm³/mol. The Labute approximate surface area is 184 Å². The van der Waals surface area contributed by atoms with Crippen LogP contribution in [0.3, 0.4) is 0 Å². The van der Waals surface area contributed by atoms with Gasteiger partial charge in [-0.15, -0.1) is 0 Å². The molecule has 5 atom stereocenters. The van der Waals surface area contributed by atoms with E-state index in [2.05, 4.69) is 11.8 Å². The highest BCUT2D eigenvalue weighted by atomic mass is 35.5. The zero-order valence-corrected chi connectivity index (χ0v) is 18.1. The Kier molecular flexibility index (Phi) is 10.7. The van der Waals surface area contributed by atoms with Crippen LogP contribution in [0.15, 0.2) is 24.3 Å². The maximum absolute atomic E-state index is 10.6. The molecule has 1 fully saturated rings. The monoisotopic (exact) mass is 436 g/mol. The van der Waals surface area contributed by atoms with E-state index in [0.717, 1.165) is 31.2 Å². The summed E-state index contributed by atoms with van der Waals surface area (Å²) in [5.74, 6) is 5.19. The Morgan fingerprint density at radius 2 is 1.73 bits per heavy atom. The number of aliphatic hydroxyl groups excluding tert-OH is 3. The largest absolute Gasteiger partial charge is 0.481 e. The first-order valence-electron chi connectivity index (χ1n) is 10.9. The molecule has 0 radical (unpaired) electrons. The van der Waals surface area contributed by atoms with E-state index in [1.807, 2.05) is 18.2 Å². The van der Waals surface area contributed by atoms with E-state index >= 15 is 0 Å². The van der Waals surface area contributed by atoms with E-state index in [0.29, 0.717) is 30.7 Å². The van der Waals surface area contributed by atoms with E-state index in [9.17, 15) is 20.1 Å². The quantitative estimate of drug-likeness (QED) is 0.312. The van der Waals surface area contributed by atoms with Gasteiger partial charge in [0.25, 0.3) is 0 Å². The molecule has 0 spiro atoms. The highest BCUT2D eigenvalue weighted by Crippen LogP contribution is 2.39. The molecule has 6 heteroatoms. The van der Waals surface area contributed by atoms with Crippen molar-refractivity contribution in [2.45, 2.75) is 70.0 Å². The maximum atomic E-state index is 10.6. The summed E-state index contributed by atoms with van der Waals surface area (Å²) in [6.45, 7) is -0.0585. The fraction of sp³-hybridized carbons (Fsp3) is 0.625. The number of carbonyl (C=O) groups is 1. The average molecular weight is 437 g/mol. The normalized spacial score (nSPS) is 24.3. The second kappa shape index (κ2) is 13.0. The van der Waals surface area contributed by atoms with Crippen LogP contribution in [0.4, 0.5) is 0 Å². The number of hydrogen-bond donors (Lipinski definition) is 4. The number of aliphatic hydroxyl groups is 3. The molecule has 1 saturated carbocycles. The minimum atomic E-state index is -0.763. The first-order chi connectivity index (χ1) is 14.4. The minimum absolute atomic E-state index is 0.00446. The van der Waals surface area contributed by atoms with E-state index in [4.69, 9.17) is 16.7 Å². The Balaban J connectivity index is 1.84. The van der Waals surface area contributed by atoms with Gasteiger partial charge in [0.15, 0.2) is 0 Å². The van der Waals surface area contributed by atoms with Crippen LogP contribution in [0.25, 0.3) is 0 Å². The van der Waals surface area contributed by atoms with Crippen LogP contribution in [0.2, 0.25) is 5.02 Å². The summed E-state index contributed by atoms with van der Waals surface area (Å²) in [5, 5.41) is 39.8. The molecule has 166 valence electrons. The number of carboxylic acids is 1. The lowest BCUT2D eigenvalue weighted by molar-refractivity contribution is -0.137. The van der Waals surface area contributed by atoms with Crippen molar-refractivity contribution < 1.29 is 25.2 Å². The molecule has 1 aromatic rings. The SMILES string of the molecule is O=C(O)CCCCCCC1C(O)CC(O)C1CCC(C#Cc1ccccc1Cl)CO. The van der Waals surface area contributed by atoms with Crippen molar-refractivity contribution in [1.82, 2.24) is 0 Å². The third-order valence-corrected chi connectivity index (χ3v) is 6.38. The van der Waals surface area contributed by atoms with E-state index in [-0.39, 0.29) is 30.8 Å². The van der Waals surface area contributed by atoms with Gasteiger partial charge in [-0.3, -0.25) is 4.79 Å². The molecule has 0 saturated heterocycles. The van der Waals surface area contributed by atoms with Crippen molar-refractivity contribution in [2.24, 2.45) is 17.8 Å². The summed E-state index contributed by atoms with van der Waals surface area (Å²) in [5.41, 5.74) is 0.731. The van der Waals surface area contributed by atoms with E-state index in [1.54, 1.807) is 6.07 Å². The average Bonchev–Trinajstić information content (AvgIpc) is 2.98. The van der Waals surface area contributed by atoms with Crippen molar-refractivity contribution in [3.63, 3.8) is 0 Å². The lowest BCUT2D eigenvalue weighted by atomic mass is 9.83. The van der Waals surface area contributed by atoms with Gasteiger partial charge in [0.1, 0.15) is 0 Å². The van der Waals surface area contributed by atoms with Crippen LogP contribution in [-0.4, -0.2) is 45.2 Å². The molecule has 0 amide bonds. The van der Waals surface area contributed by atoms with E-state index < -0.39 is 18.2 Å². The topological polar surface area (TPSA) is 98.0 Å². The summed E-state index contributed by atoms with van der Waals surface area (Å²) < 4.78 is 0. The Morgan fingerprint density at radius 1 is 1.07 bits per heavy atom. The number of benzene rings is 1. The molecule has 4 N–H and O–H groups in total. The zero-order chi connectivity index (χ0) is 21.9. The molecule has 1 aliphatic carbocycles. The summed E-state index contributed by atoms with van der Waals surface area (Å²) in [4.78, 5) is 10.6. The molecule has 5 nitrogen and oxygen atoms in total.